The molecule has 14 heavy (non-hydrogen) atoms. The maximum atomic E-state index is 6.17. The topological polar surface area (TPSA) is 18.5 Å². The fourth-order valence-electron chi connectivity index (χ4n) is 2.99. The van der Waals surface area contributed by atoms with E-state index < -0.39 is 8.32 Å². The normalized spacial score (nSPS) is 31.9. The van der Waals surface area contributed by atoms with Crippen LogP contribution in [0.3, 0.4) is 0 Å². The molecule has 1 atom stereocenters. The van der Waals surface area contributed by atoms with Crippen molar-refractivity contribution in [1.82, 2.24) is 0 Å². The Balaban J connectivity index is 2.02. The second kappa shape index (κ2) is 4.77. The third-order valence-electron chi connectivity index (χ3n) is 3.65. The fraction of sp³-hybridized carbons (Fsp3) is 1.00. The molecule has 0 aromatic heterocycles. The molecule has 2 fully saturated rings. The highest BCUT2D eigenvalue weighted by molar-refractivity contribution is 6.75. The van der Waals surface area contributed by atoms with Gasteiger partial charge in [0.05, 0.1) is 5.73 Å². The molecule has 0 N–H and O–H groups in total. The predicted molar refractivity (Wildman–Crippen MR) is 59.8 cm³/mol. The molecule has 2 aliphatic rings. The first-order valence-electron chi connectivity index (χ1n) is 6.13. The van der Waals surface area contributed by atoms with Crippen molar-refractivity contribution in [3.63, 3.8) is 0 Å². The Morgan fingerprint density at radius 3 is 2.57 bits per heavy atom. The predicted octanol–water partition coefficient (Wildman–Crippen LogP) is 2.87. The van der Waals surface area contributed by atoms with Gasteiger partial charge in [0, 0.05) is 13.2 Å². The average molecular weight is 214 g/mol. The third kappa shape index (κ3) is 2.04. The molecule has 2 rings (SSSR count). The van der Waals surface area contributed by atoms with E-state index in [1.807, 2.05) is 0 Å². The van der Waals surface area contributed by atoms with Gasteiger partial charge in [-0.25, -0.2) is 0 Å². The van der Waals surface area contributed by atoms with Crippen molar-refractivity contribution in [3.05, 3.63) is 0 Å². The van der Waals surface area contributed by atoms with Crippen LogP contribution in [0.15, 0.2) is 0 Å². The number of ether oxygens (including phenoxy) is 1. The largest absolute Gasteiger partial charge is 0.414 e. The molecule has 3 heteroatoms. The Morgan fingerprint density at radius 1 is 1.21 bits per heavy atom. The van der Waals surface area contributed by atoms with E-state index in [0.29, 0.717) is 5.73 Å². The maximum Gasteiger partial charge on any atom is 0.220 e. The van der Waals surface area contributed by atoms with Crippen LogP contribution in [0.1, 0.15) is 39.0 Å². The summed E-state index contributed by atoms with van der Waals surface area (Å²) in [4.78, 5) is 0. The minimum absolute atomic E-state index is 0.530. The first-order valence-corrected chi connectivity index (χ1v) is 8.53. The zero-order valence-electron chi connectivity index (χ0n) is 9.26. The van der Waals surface area contributed by atoms with E-state index in [9.17, 15) is 0 Å². The van der Waals surface area contributed by atoms with Gasteiger partial charge in [-0.1, -0.05) is 19.3 Å². The molecule has 2 heterocycles. The van der Waals surface area contributed by atoms with Gasteiger partial charge in [-0.3, -0.25) is 0 Å². The van der Waals surface area contributed by atoms with Crippen LogP contribution in [0, 0.1) is 0 Å². The summed E-state index contributed by atoms with van der Waals surface area (Å²) >= 11 is 0. The molecule has 0 aliphatic carbocycles. The van der Waals surface area contributed by atoms with Crippen molar-refractivity contribution in [1.29, 1.82) is 0 Å². The molecule has 2 aliphatic heterocycles. The Labute approximate surface area is 88.1 Å². The standard InChI is InChI=1S/C11H22O2Si/c1-2-13-14(9-4-3-5-10-14)11-7-6-8-12-11/h11H,2-10H2,1H3. The van der Waals surface area contributed by atoms with Crippen LogP contribution in [0.4, 0.5) is 0 Å². The highest BCUT2D eigenvalue weighted by Gasteiger charge is 2.45. The van der Waals surface area contributed by atoms with Crippen LogP contribution in [-0.2, 0) is 9.16 Å². The Bertz CT molecular complexity index is 167. The van der Waals surface area contributed by atoms with Crippen molar-refractivity contribution in [2.24, 2.45) is 0 Å². The second-order valence-corrected chi connectivity index (χ2v) is 8.62. The molecule has 82 valence electrons. The van der Waals surface area contributed by atoms with Gasteiger partial charge in [0.1, 0.15) is 0 Å². The van der Waals surface area contributed by atoms with Gasteiger partial charge in [0.25, 0.3) is 0 Å². The quantitative estimate of drug-likeness (QED) is 0.673. The maximum absolute atomic E-state index is 6.17. The van der Waals surface area contributed by atoms with E-state index in [-0.39, 0.29) is 0 Å². The average Bonchev–Trinajstić information content (AvgIpc) is 2.73. The zero-order valence-corrected chi connectivity index (χ0v) is 10.3. The van der Waals surface area contributed by atoms with Crippen LogP contribution in [-0.4, -0.2) is 27.3 Å². The summed E-state index contributed by atoms with van der Waals surface area (Å²) in [6.07, 6.45) is 6.70. The number of hydrogen-bond donors (Lipinski definition) is 0. The molecule has 0 bridgehead atoms. The summed E-state index contributed by atoms with van der Waals surface area (Å²) in [6, 6.07) is 2.71. The van der Waals surface area contributed by atoms with E-state index >= 15 is 0 Å². The monoisotopic (exact) mass is 214 g/mol. The highest BCUT2D eigenvalue weighted by Crippen LogP contribution is 2.36. The van der Waals surface area contributed by atoms with Gasteiger partial charge in [0.15, 0.2) is 0 Å². The van der Waals surface area contributed by atoms with Gasteiger partial charge in [-0.2, -0.15) is 0 Å². The van der Waals surface area contributed by atoms with Gasteiger partial charge >= 0.3 is 0 Å². The first-order chi connectivity index (χ1) is 6.87. The lowest BCUT2D eigenvalue weighted by Crippen LogP contribution is -2.51. The van der Waals surface area contributed by atoms with Crippen LogP contribution >= 0.6 is 0 Å². The summed E-state index contributed by atoms with van der Waals surface area (Å²) in [6.45, 7) is 4.01. The van der Waals surface area contributed by atoms with E-state index in [2.05, 4.69) is 6.92 Å². The van der Waals surface area contributed by atoms with Gasteiger partial charge < -0.3 is 9.16 Å². The van der Waals surface area contributed by atoms with E-state index in [4.69, 9.17) is 9.16 Å². The van der Waals surface area contributed by atoms with Crippen molar-refractivity contribution < 1.29 is 9.16 Å². The lowest BCUT2D eigenvalue weighted by Gasteiger charge is -2.38. The van der Waals surface area contributed by atoms with Crippen molar-refractivity contribution in [3.8, 4) is 0 Å². The minimum Gasteiger partial charge on any atom is -0.414 e. The Kier molecular flexibility index (Phi) is 3.63. The van der Waals surface area contributed by atoms with Gasteiger partial charge in [-0.15, -0.1) is 0 Å². The molecule has 0 aromatic rings. The number of hydrogen-bond acceptors (Lipinski definition) is 2. The van der Waals surface area contributed by atoms with Crippen LogP contribution in [0.2, 0.25) is 12.1 Å². The van der Waals surface area contributed by atoms with E-state index in [0.717, 1.165) is 13.2 Å². The fourth-order valence-corrected chi connectivity index (χ4v) is 7.78. The van der Waals surface area contributed by atoms with Crippen molar-refractivity contribution >= 4 is 8.32 Å². The molecule has 0 amide bonds. The molecule has 2 nitrogen and oxygen atoms in total. The van der Waals surface area contributed by atoms with Crippen molar-refractivity contribution in [2.45, 2.75) is 56.8 Å². The second-order valence-electron chi connectivity index (χ2n) is 4.56. The third-order valence-corrected chi connectivity index (χ3v) is 8.54. The molecule has 0 radical (unpaired) electrons. The van der Waals surface area contributed by atoms with E-state index in [1.54, 1.807) is 0 Å². The molecule has 1 unspecified atom stereocenters. The molecule has 0 aromatic carbocycles. The summed E-state index contributed by atoms with van der Waals surface area (Å²) in [5, 5.41) is 0. The molecular formula is C11H22O2Si. The van der Waals surface area contributed by atoms with Crippen LogP contribution < -0.4 is 0 Å². The Hall–Kier alpha value is 0.137. The summed E-state index contributed by atoms with van der Waals surface area (Å²) in [5.74, 6) is 0. The summed E-state index contributed by atoms with van der Waals surface area (Å²) < 4.78 is 12.1. The van der Waals surface area contributed by atoms with Crippen LogP contribution in [0.25, 0.3) is 0 Å². The smallest absolute Gasteiger partial charge is 0.220 e. The SMILES string of the molecule is CCO[Si]1(C2CCCO2)CCCCC1. The molecule has 0 spiro atoms. The zero-order chi connectivity index (χ0) is 9.86. The summed E-state index contributed by atoms with van der Waals surface area (Å²) in [7, 11) is -1.47. The summed E-state index contributed by atoms with van der Waals surface area (Å²) in [5.41, 5.74) is 0.530. The van der Waals surface area contributed by atoms with Crippen molar-refractivity contribution in [2.75, 3.05) is 13.2 Å². The van der Waals surface area contributed by atoms with Crippen LogP contribution in [0.5, 0.6) is 0 Å². The van der Waals surface area contributed by atoms with E-state index in [1.165, 1.54) is 44.2 Å². The van der Waals surface area contributed by atoms with Gasteiger partial charge in [-0.05, 0) is 31.9 Å². The lowest BCUT2D eigenvalue weighted by atomic mass is 10.3. The minimum atomic E-state index is -1.47. The van der Waals surface area contributed by atoms with Gasteiger partial charge in [0.2, 0.25) is 8.32 Å². The Morgan fingerprint density at radius 2 is 2.00 bits per heavy atom. The molecule has 0 saturated carbocycles. The first kappa shape index (κ1) is 10.6. The number of rotatable bonds is 3. The lowest BCUT2D eigenvalue weighted by molar-refractivity contribution is 0.131. The molecular weight excluding hydrogens is 192 g/mol. The highest BCUT2D eigenvalue weighted by atomic mass is 28.4. The molecule has 2 saturated heterocycles.